The zero-order valence-corrected chi connectivity index (χ0v) is 19.1. The van der Waals surface area contributed by atoms with E-state index in [1.165, 1.54) is 11.8 Å². The second kappa shape index (κ2) is 9.98. The molecule has 164 valence electrons. The molecule has 1 heterocycles. The first-order valence-electron chi connectivity index (χ1n) is 10.3. The third kappa shape index (κ3) is 5.37. The van der Waals surface area contributed by atoms with E-state index in [-0.39, 0.29) is 5.57 Å². The Kier molecular flexibility index (Phi) is 6.67. The highest BCUT2D eigenvalue weighted by Gasteiger charge is 2.09. The Hall–Kier alpha value is -4.15. The van der Waals surface area contributed by atoms with Gasteiger partial charge in [0, 0.05) is 24.0 Å². The Bertz CT molecular complexity index is 1350. The standard InChI is InChI=1S/C26H22N4O2S/c1-17-3-12-23-24(13-17)33-26(30-23)19-6-8-21(9-7-19)28-16-20(14-27)25(31)29-15-18-4-10-22(32-2)11-5-18/h3-13,16,28H,15H2,1-2H3,(H,29,31)/b20-16-. The van der Waals surface area contributed by atoms with E-state index in [1.54, 1.807) is 18.4 Å². The molecule has 1 aromatic heterocycles. The van der Waals surface area contributed by atoms with Gasteiger partial charge in [-0.05, 0) is 66.6 Å². The first-order chi connectivity index (χ1) is 16.1. The Balaban J connectivity index is 1.38. The van der Waals surface area contributed by atoms with Crippen LogP contribution in [-0.4, -0.2) is 18.0 Å². The van der Waals surface area contributed by atoms with Crippen molar-refractivity contribution in [3.63, 3.8) is 0 Å². The molecule has 0 aliphatic rings. The van der Waals surface area contributed by atoms with E-state index >= 15 is 0 Å². The van der Waals surface area contributed by atoms with Crippen molar-refractivity contribution < 1.29 is 9.53 Å². The second-order valence-electron chi connectivity index (χ2n) is 7.41. The molecule has 2 N–H and O–H groups in total. The average Bonchev–Trinajstić information content (AvgIpc) is 3.27. The molecule has 33 heavy (non-hydrogen) atoms. The molecule has 0 unspecified atom stereocenters. The van der Waals surface area contributed by atoms with Crippen molar-refractivity contribution in [3.05, 3.63) is 89.6 Å². The Morgan fingerprint density at radius 3 is 2.58 bits per heavy atom. The number of thiazole rings is 1. The van der Waals surface area contributed by atoms with Crippen molar-refractivity contribution in [3.8, 4) is 22.4 Å². The summed E-state index contributed by atoms with van der Waals surface area (Å²) in [6.07, 6.45) is 1.42. The van der Waals surface area contributed by atoms with Crippen molar-refractivity contribution in [1.82, 2.24) is 10.3 Å². The second-order valence-corrected chi connectivity index (χ2v) is 8.44. The number of fused-ring (bicyclic) bond motifs is 1. The maximum absolute atomic E-state index is 12.4. The number of nitrogens with one attached hydrogen (secondary N) is 2. The summed E-state index contributed by atoms with van der Waals surface area (Å²) in [7, 11) is 1.60. The smallest absolute Gasteiger partial charge is 0.263 e. The lowest BCUT2D eigenvalue weighted by atomic mass is 10.2. The van der Waals surface area contributed by atoms with Crippen LogP contribution in [-0.2, 0) is 11.3 Å². The molecule has 0 spiro atoms. The number of aryl methyl sites for hydroxylation is 1. The van der Waals surface area contributed by atoms with E-state index in [0.717, 1.165) is 37.8 Å². The number of amides is 1. The van der Waals surface area contributed by atoms with Gasteiger partial charge in [0.25, 0.3) is 5.91 Å². The molecular formula is C26H22N4O2S. The molecule has 4 rings (SSSR count). The van der Waals surface area contributed by atoms with Gasteiger partial charge in [-0.2, -0.15) is 5.26 Å². The molecule has 6 nitrogen and oxygen atoms in total. The summed E-state index contributed by atoms with van der Waals surface area (Å²) in [6, 6.07) is 23.3. The van der Waals surface area contributed by atoms with Gasteiger partial charge in [0.1, 0.15) is 22.4 Å². The number of nitrogens with zero attached hydrogens (tertiary/aromatic N) is 2. The molecule has 4 aromatic rings. The summed E-state index contributed by atoms with van der Waals surface area (Å²) >= 11 is 1.66. The molecule has 3 aromatic carbocycles. The van der Waals surface area contributed by atoms with Crippen LogP contribution in [0, 0.1) is 18.3 Å². The maximum Gasteiger partial charge on any atom is 0.263 e. The van der Waals surface area contributed by atoms with Gasteiger partial charge in [-0.15, -0.1) is 11.3 Å². The first kappa shape index (κ1) is 22.1. The summed E-state index contributed by atoms with van der Waals surface area (Å²) in [4.78, 5) is 17.1. The maximum atomic E-state index is 12.4. The van der Waals surface area contributed by atoms with E-state index in [0.29, 0.717) is 6.54 Å². The van der Waals surface area contributed by atoms with E-state index in [1.807, 2.05) is 60.7 Å². The normalized spacial score (nSPS) is 11.1. The number of benzene rings is 3. The number of methoxy groups -OCH3 is 1. The van der Waals surface area contributed by atoms with Gasteiger partial charge in [0.2, 0.25) is 0 Å². The van der Waals surface area contributed by atoms with Crippen molar-refractivity contribution in [2.24, 2.45) is 0 Å². The van der Waals surface area contributed by atoms with Crippen LogP contribution in [0.2, 0.25) is 0 Å². The lowest BCUT2D eigenvalue weighted by molar-refractivity contribution is -0.117. The number of anilines is 1. The molecular weight excluding hydrogens is 432 g/mol. The quantitative estimate of drug-likeness (QED) is 0.288. The van der Waals surface area contributed by atoms with E-state index in [4.69, 9.17) is 9.72 Å². The largest absolute Gasteiger partial charge is 0.497 e. The number of hydrogen-bond acceptors (Lipinski definition) is 6. The SMILES string of the molecule is COc1ccc(CNC(=O)/C(C#N)=C\Nc2ccc(-c3nc4ccc(C)cc4s3)cc2)cc1. The van der Waals surface area contributed by atoms with E-state index in [2.05, 4.69) is 29.7 Å². The van der Waals surface area contributed by atoms with Crippen LogP contribution in [0.1, 0.15) is 11.1 Å². The lowest BCUT2D eigenvalue weighted by Gasteiger charge is -2.07. The van der Waals surface area contributed by atoms with Crippen molar-refractivity contribution in [1.29, 1.82) is 5.26 Å². The van der Waals surface area contributed by atoms with Crippen molar-refractivity contribution in [2.75, 3.05) is 12.4 Å². The van der Waals surface area contributed by atoms with Gasteiger partial charge in [-0.3, -0.25) is 4.79 Å². The predicted octanol–water partition coefficient (Wildman–Crippen LogP) is 5.42. The van der Waals surface area contributed by atoms with Gasteiger partial charge >= 0.3 is 0 Å². The molecule has 0 aliphatic heterocycles. The number of ether oxygens (including phenoxy) is 1. The molecule has 0 atom stereocenters. The Labute approximate surface area is 196 Å². The summed E-state index contributed by atoms with van der Waals surface area (Å²) in [5.74, 6) is 0.304. The zero-order valence-electron chi connectivity index (χ0n) is 18.3. The fraction of sp³-hybridized carbons (Fsp3) is 0.115. The van der Waals surface area contributed by atoms with Gasteiger partial charge in [0.05, 0.1) is 17.3 Å². The van der Waals surface area contributed by atoms with Crippen LogP contribution in [0.15, 0.2) is 78.5 Å². The number of hydrogen-bond donors (Lipinski definition) is 2. The molecule has 0 saturated heterocycles. The minimum atomic E-state index is -0.442. The topological polar surface area (TPSA) is 87.0 Å². The van der Waals surface area contributed by atoms with Gasteiger partial charge in [0.15, 0.2) is 0 Å². The molecule has 0 bridgehead atoms. The van der Waals surface area contributed by atoms with E-state index < -0.39 is 5.91 Å². The van der Waals surface area contributed by atoms with Crippen LogP contribution in [0.3, 0.4) is 0 Å². The monoisotopic (exact) mass is 454 g/mol. The molecule has 0 radical (unpaired) electrons. The number of nitriles is 1. The number of carbonyl (C=O) groups is 1. The van der Waals surface area contributed by atoms with Gasteiger partial charge < -0.3 is 15.4 Å². The highest BCUT2D eigenvalue weighted by Crippen LogP contribution is 2.31. The predicted molar refractivity (Wildman–Crippen MR) is 132 cm³/mol. The summed E-state index contributed by atoms with van der Waals surface area (Å²) in [6.45, 7) is 2.39. The van der Waals surface area contributed by atoms with Crippen LogP contribution in [0.5, 0.6) is 5.75 Å². The van der Waals surface area contributed by atoms with Gasteiger partial charge in [-0.25, -0.2) is 4.98 Å². The number of aromatic nitrogens is 1. The minimum Gasteiger partial charge on any atom is -0.497 e. The third-order valence-corrected chi connectivity index (χ3v) is 6.10. The summed E-state index contributed by atoms with van der Waals surface area (Å²) < 4.78 is 6.29. The molecule has 0 saturated carbocycles. The van der Waals surface area contributed by atoms with Crippen LogP contribution >= 0.6 is 11.3 Å². The fourth-order valence-corrected chi connectivity index (χ4v) is 4.26. The number of carbonyl (C=O) groups excluding carboxylic acids is 1. The highest BCUT2D eigenvalue weighted by atomic mass is 32.1. The zero-order chi connectivity index (χ0) is 23.2. The van der Waals surface area contributed by atoms with Crippen LogP contribution < -0.4 is 15.4 Å². The fourth-order valence-electron chi connectivity index (χ4n) is 3.19. The van der Waals surface area contributed by atoms with Crippen LogP contribution in [0.4, 0.5) is 5.69 Å². The minimum absolute atomic E-state index is 0.00543. The lowest BCUT2D eigenvalue weighted by Crippen LogP contribution is -2.24. The highest BCUT2D eigenvalue weighted by molar-refractivity contribution is 7.21. The van der Waals surface area contributed by atoms with Crippen molar-refractivity contribution in [2.45, 2.75) is 13.5 Å². The Morgan fingerprint density at radius 1 is 1.12 bits per heavy atom. The van der Waals surface area contributed by atoms with Gasteiger partial charge in [-0.1, -0.05) is 18.2 Å². The summed E-state index contributed by atoms with van der Waals surface area (Å²) in [5.41, 5.74) is 4.90. The third-order valence-electron chi connectivity index (χ3n) is 5.04. The molecule has 1 amide bonds. The summed E-state index contributed by atoms with van der Waals surface area (Å²) in [5, 5.41) is 16.1. The average molecular weight is 455 g/mol. The van der Waals surface area contributed by atoms with E-state index in [9.17, 15) is 10.1 Å². The Morgan fingerprint density at radius 2 is 1.88 bits per heavy atom. The molecule has 0 fully saturated rings. The van der Waals surface area contributed by atoms with Crippen LogP contribution in [0.25, 0.3) is 20.8 Å². The number of rotatable bonds is 7. The molecule has 0 aliphatic carbocycles. The van der Waals surface area contributed by atoms with Crippen molar-refractivity contribution >= 4 is 33.1 Å². The first-order valence-corrected chi connectivity index (χ1v) is 11.1. The molecule has 7 heteroatoms.